The van der Waals surface area contributed by atoms with Crippen LogP contribution in [0.1, 0.15) is 16.2 Å². The molecule has 0 amide bonds. The Morgan fingerprint density at radius 2 is 2.18 bits per heavy atom. The van der Waals surface area contributed by atoms with Gasteiger partial charge in [-0.1, -0.05) is 0 Å². The third-order valence-electron chi connectivity index (χ3n) is 2.70. The average Bonchev–Trinajstić information content (AvgIpc) is 2.65. The van der Waals surface area contributed by atoms with Gasteiger partial charge in [0.25, 0.3) is 0 Å². The molecule has 0 N–H and O–H groups in total. The second-order valence-electron chi connectivity index (χ2n) is 3.67. The molecule has 88 valence electrons. The highest BCUT2D eigenvalue weighted by molar-refractivity contribution is 5.85. The smallest absolute Gasteiger partial charge is 0.171 e. The summed E-state index contributed by atoms with van der Waals surface area (Å²) in [5.41, 5.74) is 2.80. The van der Waals surface area contributed by atoms with E-state index in [0.717, 1.165) is 23.2 Å². The van der Waals surface area contributed by atoms with Gasteiger partial charge in [-0.25, -0.2) is 0 Å². The Morgan fingerprint density at radius 1 is 1.41 bits per heavy atom. The Bertz CT molecular complexity index is 544. The van der Waals surface area contributed by atoms with Crippen LogP contribution in [-0.2, 0) is 7.05 Å². The molecule has 0 aliphatic carbocycles. The number of aryl methyl sites for hydroxylation is 1. The second-order valence-corrected chi connectivity index (χ2v) is 3.67. The highest BCUT2D eigenvalue weighted by atomic mass is 16.5. The molecule has 0 aromatic carbocycles. The van der Waals surface area contributed by atoms with Crippen molar-refractivity contribution in [3.05, 3.63) is 29.7 Å². The van der Waals surface area contributed by atoms with Crippen LogP contribution in [0.4, 0.5) is 0 Å². The summed E-state index contributed by atoms with van der Waals surface area (Å²) >= 11 is 0. The number of nitrogens with zero attached hydrogens (tertiary/aromatic N) is 3. The van der Waals surface area contributed by atoms with Crippen molar-refractivity contribution in [2.75, 3.05) is 7.11 Å². The first-order valence-corrected chi connectivity index (χ1v) is 5.16. The van der Waals surface area contributed by atoms with Crippen LogP contribution in [0, 0.1) is 6.92 Å². The van der Waals surface area contributed by atoms with E-state index in [1.54, 1.807) is 25.0 Å². The SMILES string of the molecule is COc1ccc(-c2c(C=O)nn(C)c2C)nc1. The van der Waals surface area contributed by atoms with E-state index in [4.69, 9.17) is 4.74 Å². The molecule has 0 atom stereocenters. The lowest BCUT2D eigenvalue weighted by Gasteiger charge is -2.02. The molecule has 0 spiro atoms. The average molecular weight is 231 g/mol. The van der Waals surface area contributed by atoms with Crippen LogP contribution in [0.2, 0.25) is 0 Å². The molecular weight excluding hydrogens is 218 g/mol. The minimum Gasteiger partial charge on any atom is -0.495 e. The zero-order valence-corrected chi connectivity index (χ0v) is 9.97. The summed E-state index contributed by atoms with van der Waals surface area (Å²) in [6.07, 6.45) is 2.37. The Hall–Kier alpha value is -2.17. The van der Waals surface area contributed by atoms with E-state index in [-0.39, 0.29) is 0 Å². The minimum absolute atomic E-state index is 0.405. The molecule has 0 radical (unpaired) electrons. The van der Waals surface area contributed by atoms with Crippen molar-refractivity contribution in [2.24, 2.45) is 7.05 Å². The van der Waals surface area contributed by atoms with Gasteiger partial charge < -0.3 is 4.74 Å². The molecule has 2 heterocycles. The molecule has 5 heteroatoms. The van der Waals surface area contributed by atoms with Gasteiger partial charge in [-0.2, -0.15) is 5.10 Å². The highest BCUT2D eigenvalue weighted by Gasteiger charge is 2.15. The molecule has 5 nitrogen and oxygen atoms in total. The predicted octanol–water partition coefficient (Wildman–Crippen LogP) is 1.61. The van der Waals surface area contributed by atoms with Crippen molar-refractivity contribution in [3.63, 3.8) is 0 Å². The molecule has 0 aliphatic heterocycles. The van der Waals surface area contributed by atoms with Crippen molar-refractivity contribution in [3.8, 4) is 17.0 Å². The van der Waals surface area contributed by atoms with Crippen LogP contribution >= 0.6 is 0 Å². The van der Waals surface area contributed by atoms with Gasteiger partial charge >= 0.3 is 0 Å². The summed E-state index contributed by atoms with van der Waals surface area (Å²) in [5, 5.41) is 4.12. The van der Waals surface area contributed by atoms with Crippen molar-refractivity contribution in [2.45, 2.75) is 6.92 Å². The fourth-order valence-electron chi connectivity index (χ4n) is 1.68. The number of pyridine rings is 1. The Labute approximate surface area is 99.1 Å². The fraction of sp³-hybridized carbons (Fsp3) is 0.250. The summed E-state index contributed by atoms with van der Waals surface area (Å²) in [5.74, 6) is 0.683. The molecular formula is C12H13N3O2. The van der Waals surface area contributed by atoms with Gasteiger partial charge in [-0.15, -0.1) is 0 Å². The molecule has 2 aromatic heterocycles. The second kappa shape index (κ2) is 4.37. The van der Waals surface area contributed by atoms with E-state index in [2.05, 4.69) is 10.1 Å². The first kappa shape index (κ1) is 11.3. The topological polar surface area (TPSA) is 57.0 Å². The van der Waals surface area contributed by atoms with Crippen molar-refractivity contribution in [1.82, 2.24) is 14.8 Å². The summed E-state index contributed by atoms with van der Waals surface area (Å²) in [7, 11) is 3.39. The maximum Gasteiger partial charge on any atom is 0.171 e. The molecule has 0 saturated heterocycles. The molecule has 0 bridgehead atoms. The van der Waals surface area contributed by atoms with Crippen LogP contribution < -0.4 is 4.74 Å². The van der Waals surface area contributed by atoms with Gasteiger partial charge in [0.15, 0.2) is 6.29 Å². The zero-order chi connectivity index (χ0) is 12.4. The first-order chi connectivity index (χ1) is 8.17. The number of carbonyl (C=O) groups excluding carboxylic acids is 1. The molecule has 2 aromatic rings. The Kier molecular flexibility index (Phi) is 2.91. The maximum atomic E-state index is 11.0. The Balaban J connectivity index is 2.55. The predicted molar refractivity (Wildman–Crippen MR) is 63.1 cm³/mol. The molecule has 0 unspecified atom stereocenters. The number of aromatic nitrogens is 3. The number of rotatable bonds is 3. The van der Waals surface area contributed by atoms with Gasteiger partial charge in [-0.05, 0) is 19.1 Å². The number of methoxy groups -OCH3 is 1. The summed E-state index contributed by atoms with van der Waals surface area (Å²) in [4.78, 5) is 15.2. The summed E-state index contributed by atoms with van der Waals surface area (Å²) < 4.78 is 6.72. The summed E-state index contributed by atoms with van der Waals surface area (Å²) in [6.45, 7) is 1.90. The van der Waals surface area contributed by atoms with Crippen LogP contribution in [0.15, 0.2) is 18.3 Å². The Morgan fingerprint density at radius 3 is 2.71 bits per heavy atom. The molecule has 0 saturated carbocycles. The van der Waals surface area contributed by atoms with E-state index in [1.807, 2.05) is 19.1 Å². The van der Waals surface area contributed by atoms with Crippen LogP contribution in [0.3, 0.4) is 0 Å². The lowest BCUT2D eigenvalue weighted by Crippen LogP contribution is -1.93. The minimum atomic E-state index is 0.405. The lowest BCUT2D eigenvalue weighted by atomic mass is 10.1. The highest BCUT2D eigenvalue weighted by Crippen LogP contribution is 2.25. The van der Waals surface area contributed by atoms with Gasteiger partial charge in [0.2, 0.25) is 0 Å². The van der Waals surface area contributed by atoms with Gasteiger partial charge in [0.05, 0.1) is 24.6 Å². The number of hydrogen-bond acceptors (Lipinski definition) is 4. The van der Waals surface area contributed by atoms with E-state index >= 15 is 0 Å². The number of hydrogen-bond donors (Lipinski definition) is 0. The lowest BCUT2D eigenvalue weighted by molar-refractivity contribution is 0.111. The van der Waals surface area contributed by atoms with Gasteiger partial charge in [0.1, 0.15) is 11.4 Å². The van der Waals surface area contributed by atoms with Crippen LogP contribution in [0.25, 0.3) is 11.3 Å². The third-order valence-corrected chi connectivity index (χ3v) is 2.70. The quantitative estimate of drug-likeness (QED) is 0.753. The molecule has 0 fully saturated rings. The molecule has 17 heavy (non-hydrogen) atoms. The van der Waals surface area contributed by atoms with Crippen molar-refractivity contribution in [1.29, 1.82) is 0 Å². The van der Waals surface area contributed by atoms with E-state index < -0.39 is 0 Å². The van der Waals surface area contributed by atoms with Crippen LogP contribution in [-0.4, -0.2) is 28.2 Å². The third kappa shape index (κ3) is 1.91. The van der Waals surface area contributed by atoms with Crippen LogP contribution in [0.5, 0.6) is 5.75 Å². The number of ether oxygens (including phenoxy) is 1. The summed E-state index contributed by atoms with van der Waals surface area (Å²) in [6, 6.07) is 3.62. The van der Waals surface area contributed by atoms with Gasteiger partial charge in [-0.3, -0.25) is 14.5 Å². The zero-order valence-electron chi connectivity index (χ0n) is 9.97. The monoisotopic (exact) mass is 231 g/mol. The van der Waals surface area contributed by atoms with Crippen molar-refractivity contribution < 1.29 is 9.53 Å². The molecule has 2 rings (SSSR count). The standard InChI is InChI=1S/C12H13N3O2/c1-8-12(11(7-16)14-15(8)2)10-5-4-9(17-3)6-13-10/h4-7H,1-3H3. The largest absolute Gasteiger partial charge is 0.495 e. The number of aldehydes is 1. The van der Waals surface area contributed by atoms with Gasteiger partial charge in [0, 0.05) is 12.7 Å². The number of carbonyl (C=O) groups is 1. The fourth-order valence-corrected chi connectivity index (χ4v) is 1.68. The maximum absolute atomic E-state index is 11.0. The van der Waals surface area contributed by atoms with E-state index in [0.29, 0.717) is 11.4 Å². The van der Waals surface area contributed by atoms with E-state index in [9.17, 15) is 4.79 Å². The van der Waals surface area contributed by atoms with Crippen molar-refractivity contribution >= 4 is 6.29 Å². The van der Waals surface area contributed by atoms with E-state index in [1.165, 1.54) is 0 Å². The molecule has 0 aliphatic rings. The first-order valence-electron chi connectivity index (χ1n) is 5.16. The normalized spacial score (nSPS) is 10.3.